The lowest BCUT2D eigenvalue weighted by atomic mass is 9.87. The Kier molecular flexibility index (Phi) is 5.06. The quantitative estimate of drug-likeness (QED) is 0.757. The summed E-state index contributed by atoms with van der Waals surface area (Å²) in [6, 6.07) is 9.98. The summed E-state index contributed by atoms with van der Waals surface area (Å²) < 4.78 is 0. The summed E-state index contributed by atoms with van der Waals surface area (Å²) in [6.07, 6.45) is 9.00. The molecule has 0 saturated heterocycles. The Labute approximate surface area is 138 Å². The molecule has 1 heterocycles. The molecule has 0 radical (unpaired) electrons. The normalized spacial score (nSPS) is 13.4. The molecule has 3 rings (SSSR count). The second-order valence-corrected chi connectivity index (χ2v) is 6.24. The van der Waals surface area contributed by atoms with E-state index in [1.54, 1.807) is 6.20 Å². The van der Waals surface area contributed by atoms with Crippen molar-refractivity contribution in [2.75, 3.05) is 5.32 Å². The molecule has 3 nitrogen and oxygen atoms in total. The Balaban J connectivity index is 1.94. The van der Waals surface area contributed by atoms with E-state index in [9.17, 15) is 4.79 Å². The largest absolute Gasteiger partial charge is 0.340 e. The van der Waals surface area contributed by atoms with Crippen LogP contribution in [0.3, 0.4) is 0 Å². The minimum Gasteiger partial charge on any atom is -0.340 e. The van der Waals surface area contributed by atoms with Gasteiger partial charge in [-0.15, -0.1) is 0 Å². The third-order valence-corrected chi connectivity index (χ3v) is 4.47. The van der Waals surface area contributed by atoms with E-state index in [0.717, 1.165) is 42.8 Å². The summed E-state index contributed by atoms with van der Waals surface area (Å²) >= 11 is 0. The fourth-order valence-corrected chi connectivity index (χ4v) is 3.20. The molecule has 0 aliphatic heterocycles. The SMILES string of the molecule is CCCCC(=O)c1cc2c(c(Nc3ccccn3)c1)CCCC2. The molecule has 0 bridgehead atoms. The molecule has 0 spiro atoms. The maximum absolute atomic E-state index is 12.5. The van der Waals surface area contributed by atoms with Gasteiger partial charge in [0.05, 0.1) is 0 Å². The number of anilines is 2. The van der Waals surface area contributed by atoms with Gasteiger partial charge in [0.2, 0.25) is 0 Å². The highest BCUT2D eigenvalue weighted by atomic mass is 16.1. The van der Waals surface area contributed by atoms with Gasteiger partial charge < -0.3 is 5.32 Å². The van der Waals surface area contributed by atoms with Crippen LogP contribution in [0.15, 0.2) is 36.5 Å². The Morgan fingerprint density at radius 1 is 1.22 bits per heavy atom. The zero-order valence-corrected chi connectivity index (χ0v) is 13.8. The number of fused-ring (bicyclic) bond motifs is 1. The van der Waals surface area contributed by atoms with Crippen LogP contribution in [-0.4, -0.2) is 10.8 Å². The molecule has 1 aromatic heterocycles. The van der Waals surface area contributed by atoms with Crippen LogP contribution < -0.4 is 5.32 Å². The Hall–Kier alpha value is -2.16. The smallest absolute Gasteiger partial charge is 0.162 e. The van der Waals surface area contributed by atoms with Gasteiger partial charge in [0.1, 0.15) is 5.82 Å². The summed E-state index contributed by atoms with van der Waals surface area (Å²) in [5.74, 6) is 1.09. The van der Waals surface area contributed by atoms with Gasteiger partial charge in [-0.1, -0.05) is 19.4 Å². The van der Waals surface area contributed by atoms with E-state index in [1.807, 2.05) is 24.3 Å². The van der Waals surface area contributed by atoms with Crippen molar-refractivity contribution in [3.05, 3.63) is 53.2 Å². The molecular weight excluding hydrogens is 284 g/mol. The second-order valence-electron chi connectivity index (χ2n) is 6.24. The van der Waals surface area contributed by atoms with Gasteiger partial charge in [0.25, 0.3) is 0 Å². The Morgan fingerprint density at radius 3 is 2.87 bits per heavy atom. The molecule has 1 N–H and O–H groups in total. The van der Waals surface area contributed by atoms with Gasteiger partial charge in [-0.3, -0.25) is 4.79 Å². The summed E-state index contributed by atoms with van der Waals surface area (Å²) in [4.78, 5) is 16.8. The summed E-state index contributed by atoms with van der Waals surface area (Å²) in [5, 5.41) is 3.42. The molecule has 0 unspecified atom stereocenters. The first-order chi connectivity index (χ1) is 11.3. The number of hydrogen-bond donors (Lipinski definition) is 1. The lowest BCUT2D eigenvalue weighted by Gasteiger charge is -2.21. The van der Waals surface area contributed by atoms with E-state index in [0.29, 0.717) is 6.42 Å². The van der Waals surface area contributed by atoms with Gasteiger partial charge in [0.15, 0.2) is 5.78 Å². The van der Waals surface area contributed by atoms with E-state index in [-0.39, 0.29) is 5.78 Å². The van der Waals surface area contributed by atoms with Crippen molar-refractivity contribution in [3.8, 4) is 0 Å². The maximum atomic E-state index is 12.5. The van der Waals surface area contributed by atoms with Crippen molar-refractivity contribution in [3.63, 3.8) is 0 Å². The lowest BCUT2D eigenvalue weighted by Crippen LogP contribution is -2.10. The Morgan fingerprint density at radius 2 is 2.09 bits per heavy atom. The average molecular weight is 308 g/mol. The predicted octanol–water partition coefficient (Wildman–Crippen LogP) is 5.08. The van der Waals surface area contributed by atoms with E-state index in [2.05, 4.69) is 23.3 Å². The average Bonchev–Trinajstić information content (AvgIpc) is 2.60. The number of benzene rings is 1. The fourth-order valence-electron chi connectivity index (χ4n) is 3.20. The lowest BCUT2D eigenvalue weighted by molar-refractivity contribution is 0.0979. The molecule has 0 fully saturated rings. The number of carbonyl (C=O) groups excluding carboxylic acids is 1. The van der Waals surface area contributed by atoms with Crippen LogP contribution in [0.25, 0.3) is 0 Å². The third kappa shape index (κ3) is 3.79. The minimum atomic E-state index is 0.254. The van der Waals surface area contributed by atoms with Gasteiger partial charge >= 0.3 is 0 Å². The number of hydrogen-bond acceptors (Lipinski definition) is 3. The number of aromatic nitrogens is 1. The molecule has 23 heavy (non-hydrogen) atoms. The number of nitrogens with one attached hydrogen (secondary N) is 1. The number of rotatable bonds is 6. The predicted molar refractivity (Wildman–Crippen MR) is 94.5 cm³/mol. The van der Waals surface area contributed by atoms with Crippen LogP contribution in [0, 0.1) is 0 Å². The van der Waals surface area contributed by atoms with Crippen molar-refractivity contribution >= 4 is 17.3 Å². The first-order valence-corrected chi connectivity index (χ1v) is 8.65. The zero-order valence-electron chi connectivity index (χ0n) is 13.8. The summed E-state index contributed by atoms with van der Waals surface area (Å²) in [5.41, 5.74) is 4.59. The van der Waals surface area contributed by atoms with Crippen molar-refractivity contribution < 1.29 is 4.79 Å². The van der Waals surface area contributed by atoms with E-state index in [1.165, 1.54) is 24.0 Å². The number of Topliss-reactive ketones (excluding diaryl/α,β-unsaturated/α-hetero) is 1. The van der Waals surface area contributed by atoms with E-state index >= 15 is 0 Å². The molecule has 2 aromatic rings. The molecule has 1 aromatic carbocycles. The highest BCUT2D eigenvalue weighted by Crippen LogP contribution is 2.31. The van der Waals surface area contributed by atoms with Crippen LogP contribution in [0.5, 0.6) is 0 Å². The number of pyridine rings is 1. The standard InChI is InChI=1S/C20H24N2O/c1-2-3-10-19(23)16-13-15-8-4-5-9-17(15)18(14-16)22-20-11-6-7-12-21-20/h6-7,11-14H,2-5,8-10H2,1H3,(H,21,22). The van der Waals surface area contributed by atoms with Gasteiger partial charge in [-0.2, -0.15) is 0 Å². The highest BCUT2D eigenvalue weighted by Gasteiger charge is 2.17. The van der Waals surface area contributed by atoms with Crippen LogP contribution in [0.1, 0.15) is 60.5 Å². The van der Waals surface area contributed by atoms with Crippen molar-refractivity contribution in [2.45, 2.75) is 51.9 Å². The van der Waals surface area contributed by atoms with Gasteiger partial charge in [0, 0.05) is 23.9 Å². The van der Waals surface area contributed by atoms with E-state index in [4.69, 9.17) is 0 Å². The number of nitrogens with zero attached hydrogens (tertiary/aromatic N) is 1. The number of aryl methyl sites for hydroxylation is 1. The van der Waals surface area contributed by atoms with Crippen LogP contribution >= 0.6 is 0 Å². The topological polar surface area (TPSA) is 42.0 Å². The minimum absolute atomic E-state index is 0.254. The molecule has 1 aliphatic rings. The molecule has 120 valence electrons. The van der Waals surface area contributed by atoms with Gasteiger partial charge in [-0.25, -0.2) is 4.98 Å². The van der Waals surface area contributed by atoms with Crippen LogP contribution in [0.2, 0.25) is 0 Å². The first-order valence-electron chi connectivity index (χ1n) is 8.65. The molecule has 0 amide bonds. The molecule has 3 heteroatoms. The van der Waals surface area contributed by atoms with Crippen molar-refractivity contribution in [2.24, 2.45) is 0 Å². The monoisotopic (exact) mass is 308 g/mol. The number of ketones is 1. The van der Waals surface area contributed by atoms with Crippen molar-refractivity contribution in [1.82, 2.24) is 4.98 Å². The zero-order chi connectivity index (χ0) is 16.1. The Bertz CT molecular complexity index is 680. The number of carbonyl (C=O) groups is 1. The van der Waals surface area contributed by atoms with Crippen LogP contribution in [0.4, 0.5) is 11.5 Å². The van der Waals surface area contributed by atoms with E-state index < -0.39 is 0 Å². The highest BCUT2D eigenvalue weighted by molar-refractivity contribution is 5.97. The third-order valence-electron chi connectivity index (χ3n) is 4.47. The van der Waals surface area contributed by atoms with Gasteiger partial charge in [-0.05, 0) is 67.5 Å². The first kappa shape index (κ1) is 15.7. The fraction of sp³-hybridized carbons (Fsp3) is 0.400. The van der Waals surface area contributed by atoms with Crippen LogP contribution in [-0.2, 0) is 12.8 Å². The number of unbranched alkanes of at least 4 members (excludes halogenated alkanes) is 1. The maximum Gasteiger partial charge on any atom is 0.162 e. The second kappa shape index (κ2) is 7.40. The molecule has 0 saturated carbocycles. The molecular formula is C20H24N2O. The summed E-state index contributed by atoms with van der Waals surface area (Å²) in [6.45, 7) is 2.12. The molecule has 1 aliphatic carbocycles. The summed E-state index contributed by atoms with van der Waals surface area (Å²) in [7, 11) is 0. The molecule has 0 atom stereocenters. The van der Waals surface area contributed by atoms with Crippen molar-refractivity contribution in [1.29, 1.82) is 0 Å².